The molecule has 0 atom stereocenters. The third-order valence-corrected chi connectivity index (χ3v) is 0.700. The fourth-order valence-corrected chi connectivity index (χ4v) is 0.416. The summed E-state index contributed by atoms with van der Waals surface area (Å²) in [5.41, 5.74) is 5.17. The maximum absolute atomic E-state index is 8.36. The highest BCUT2D eigenvalue weighted by Crippen LogP contribution is 1.74. The highest BCUT2D eigenvalue weighted by Gasteiger charge is 1.94. The Balaban J connectivity index is 0.000000187. The molecule has 1 aliphatic heterocycles. The fourth-order valence-electron chi connectivity index (χ4n) is 0.416. The lowest BCUT2D eigenvalue weighted by Gasteiger charge is -1.85. The maximum atomic E-state index is 8.36. The standard InChI is InChI=1S/C3H7N3.CH2O2/c4-3-5-1-2-6-3;2-1-3/h1-2H2,(H3,4,5,6);1H,(H,2,3). The van der Waals surface area contributed by atoms with Gasteiger partial charge in [-0.25, -0.2) is 0 Å². The molecule has 0 bridgehead atoms. The summed E-state index contributed by atoms with van der Waals surface area (Å²) in [5, 5.41) is 9.74. The van der Waals surface area contributed by atoms with E-state index in [1.165, 1.54) is 0 Å². The van der Waals surface area contributed by atoms with Gasteiger partial charge in [0.15, 0.2) is 5.96 Å². The lowest BCUT2D eigenvalue weighted by molar-refractivity contribution is -0.122. The Bertz CT molecular complexity index is 112. The molecule has 0 unspecified atom stereocenters. The van der Waals surface area contributed by atoms with Crippen LogP contribution in [0.2, 0.25) is 0 Å². The number of nitrogens with zero attached hydrogens (tertiary/aromatic N) is 1. The third-order valence-electron chi connectivity index (χ3n) is 0.700. The van der Waals surface area contributed by atoms with Crippen LogP contribution in [0.25, 0.3) is 0 Å². The summed E-state index contributed by atoms with van der Waals surface area (Å²) in [4.78, 5) is 12.2. The molecule has 0 aromatic heterocycles. The molecule has 0 saturated carbocycles. The lowest BCUT2D eigenvalue weighted by Crippen LogP contribution is -2.26. The molecule has 5 heteroatoms. The molecule has 0 amide bonds. The number of hydrogen-bond donors (Lipinski definition) is 3. The van der Waals surface area contributed by atoms with Crippen LogP contribution in [0.5, 0.6) is 0 Å². The smallest absolute Gasteiger partial charge is 0.290 e. The summed E-state index contributed by atoms with van der Waals surface area (Å²) < 4.78 is 0. The molecule has 0 aromatic carbocycles. The molecule has 0 aliphatic carbocycles. The van der Waals surface area contributed by atoms with E-state index >= 15 is 0 Å². The zero-order valence-corrected chi connectivity index (χ0v) is 4.87. The quantitative estimate of drug-likeness (QED) is 0.353. The Morgan fingerprint density at radius 2 is 2.44 bits per heavy atom. The summed E-state index contributed by atoms with van der Waals surface area (Å²) in [6.45, 7) is 1.50. The van der Waals surface area contributed by atoms with Crippen molar-refractivity contribution in [3.05, 3.63) is 0 Å². The highest BCUT2D eigenvalue weighted by atomic mass is 16.3. The summed E-state index contributed by atoms with van der Waals surface area (Å²) in [7, 11) is 0. The average molecular weight is 131 g/mol. The van der Waals surface area contributed by atoms with Crippen molar-refractivity contribution in [1.29, 1.82) is 0 Å². The van der Waals surface area contributed by atoms with E-state index in [0.29, 0.717) is 5.96 Å². The number of nitrogens with one attached hydrogen (secondary N) is 1. The zero-order chi connectivity index (χ0) is 7.11. The van der Waals surface area contributed by atoms with Crippen LogP contribution in [0.3, 0.4) is 0 Å². The molecule has 0 fully saturated rings. The Kier molecular flexibility index (Phi) is 4.20. The van der Waals surface area contributed by atoms with Crippen LogP contribution in [0.1, 0.15) is 0 Å². The van der Waals surface area contributed by atoms with E-state index in [1.54, 1.807) is 0 Å². The molecule has 0 spiro atoms. The number of nitrogens with two attached hydrogens (primary N) is 1. The first kappa shape index (κ1) is 7.74. The summed E-state index contributed by atoms with van der Waals surface area (Å²) in [6, 6.07) is 0. The second kappa shape index (κ2) is 4.89. The first-order chi connectivity index (χ1) is 4.31. The van der Waals surface area contributed by atoms with Crippen molar-refractivity contribution >= 4 is 12.4 Å². The van der Waals surface area contributed by atoms with Crippen LogP contribution in [-0.4, -0.2) is 30.6 Å². The zero-order valence-electron chi connectivity index (χ0n) is 4.87. The second-order valence-corrected chi connectivity index (χ2v) is 1.30. The number of carboxylic acid groups (broad SMARTS) is 1. The minimum absolute atomic E-state index is 0.250. The molecule has 9 heavy (non-hydrogen) atoms. The molecule has 4 N–H and O–H groups in total. The van der Waals surface area contributed by atoms with Gasteiger partial charge >= 0.3 is 0 Å². The third kappa shape index (κ3) is 4.60. The summed E-state index contributed by atoms with van der Waals surface area (Å²) in [5.74, 6) is 0.579. The van der Waals surface area contributed by atoms with Gasteiger partial charge in [0.05, 0.1) is 6.54 Å². The van der Waals surface area contributed by atoms with E-state index in [2.05, 4.69) is 10.3 Å². The Morgan fingerprint density at radius 3 is 2.56 bits per heavy atom. The molecular weight excluding hydrogens is 122 g/mol. The van der Waals surface area contributed by atoms with Crippen molar-refractivity contribution in [2.24, 2.45) is 10.7 Å². The van der Waals surface area contributed by atoms with E-state index < -0.39 is 0 Å². The SMILES string of the molecule is NC1=NCCN1.O=CO. The van der Waals surface area contributed by atoms with Gasteiger partial charge in [-0.2, -0.15) is 0 Å². The molecule has 5 nitrogen and oxygen atoms in total. The first-order valence-electron chi connectivity index (χ1n) is 2.43. The number of carbonyl (C=O) groups is 1. The predicted molar refractivity (Wildman–Crippen MR) is 33.2 cm³/mol. The number of guanidine groups is 1. The van der Waals surface area contributed by atoms with Crippen LogP contribution in [-0.2, 0) is 4.79 Å². The van der Waals surface area contributed by atoms with Gasteiger partial charge in [0, 0.05) is 6.54 Å². The fraction of sp³-hybridized carbons (Fsp3) is 0.500. The van der Waals surface area contributed by atoms with Crippen molar-refractivity contribution < 1.29 is 9.90 Å². The van der Waals surface area contributed by atoms with E-state index in [9.17, 15) is 0 Å². The Morgan fingerprint density at radius 1 is 1.89 bits per heavy atom. The van der Waals surface area contributed by atoms with Gasteiger partial charge in [-0.15, -0.1) is 0 Å². The maximum Gasteiger partial charge on any atom is 0.290 e. The minimum Gasteiger partial charge on any atom is -0.483 e. The van der Waals surface area contributed by atoms with Gasteiger partial charge in [-0.05, 0) is 0 Å². The molecule has 0 radical (unpaired) electrons. The first-order valence-corrected chi connectivity index (χ1v) is 2.43. The monoisotopic (exact) mass is 131 g/mol. The van der Waals surface area contributed by atoms with E-state index in [4.69, 9.17) is 15.6 Å². The Labute approximate surface area is 52.6 Å². The number of hydrogen-bond acceptors (Lipinski definition) is 4. The van der Waals surface area contributed by atoms with Gasteiger partial charge in [0.1, 0.15) is 0 Å². The van der Waals surface area contributed by atoms with Crippen LogP contribution in [0.15, 0.2) is 4.99 Å². The van der Waals surface area contributed by atoms with Gasteiger partial charge in [-0.3, -0.25) is 9.79 Å². The minimum atomic E-state index is -0.250. The second-order valence-electron chi connectivity index (χ2n) is 1.30. The number of aliphatic imine (C=N–C) groups is 1. The van der Waals surface area contributed by atoms with Crippen LogP contribution in [0.4, 0.5) is 0 Å². The predicted octanol–water partition coefficient (Wildman–Crippen LogP) is -1.39. The van der Waals surface area contributed by atoms with Crippen LogP contribution in [0, 0.1) is 0 Å². The van der Waals surface area contributed by atoms with E-state index in [1.807, 2.05) is 0 Å². The summed E-state index contributed by atoms with van der Waals surface area (Å²) >= 11 is 0. The highest BCUT2D eigenvalue weighted by molar-refractivity contribution is 5.79. The van der Waals surface area contributed by atoms with Crippen LogP contribution >= 0.6 is 0 Å². The van der Waals surface area contributed by atoms with Gasteiger partial charge < -0.3 is 16.2 Å². The molecule has 1 aliphatic rings. The van der Waals surface area contributed by atoms with Crippen LogP contribution < -0.4 is 11.1 Å². The molecule has 1 rings (SSSR count). The largest absolute Gasteiger partial charge is 0.483 e. The average Bonchev–Trinajstić information content (AvgIpc) is 2.20. The topological polar surface area (TPSA) is 87.7 Å². The molecule has 0 saturated heterocycles. The van der Waals surface area contributed by atoms with Crippen molar-refractivity contribution in [1.82, 2.24) is 5.32 Å². The number of rotatable bonds is 0. The molecule has 1 heterocycles. The lowest BCUT2D eigenvalue weighted by atomic mass is 10.7. The van der Waals surface area contributed by atoms with Crippen molar-refractivity contribution in [2.45, 2.75) is 0 Å². The molecule has 52 valence electrons. The van der Waals surface area contributed by atoms with Crippen molar-refractivity contribution in [2.75, 3.05) is 13.1 Å². The molecule has 0 aromatic rings. The van der Waals surface area contributed by atoms with Gasteiger partial charge in [-0.1, -0.05) is 0 Å². The van der Waals surface area contributed by atoms with Crippen molar-refractivity contribution in [3.63, 3.8) is 0 Å². The van der Waals surface area contributed by atoms with Gasteiger partial charge in [0.2, 0.25) is 0 Å². The summed E-state index contributed by atoms with van der Waals surface area (Å²) in [6.07, 6.45) is 0. The van der Waals surface area contributed by atoms with Crippen molar-refractivity contribution in [3.8, 4) is 0 Å². The Hall–Kier alpha value is -1.26. The normalized spacial score (nSPS) is 14.4. The molecular formula is C4H9N3O2. The van der Waals surface area contributed by atoms with E-state index in [0.717, 1.165) is 13.1 Å². The van der Waals surface area contributed by atoms with E-state index in [-0.39, 0.29) is 6.47 Å². The van der Waals surface area contributed by atoms with Gasteiger partial charge in [0.25, 0.3) is 6.47 Å².